The van der Waals surface area contributed by atoms with Crippen LogP contribution >= 0.6 is 0 Å². The maximum atomic E-state index is 13.0. The lowest BCUT2D eigenvalue weighted by molar-refractivity contribution is -0.140. The zero-order chi connectivity index (χ0) is 26.0. The van der Waals surface area contributed by atoms with Gasteiger partial charge < -0.3 is 28.6 Å². The molecule has 35 heavy (non-hydrogen) atoms. The van der Waals surface area contributed by atoms with Gasteiger partial charge >= 0.3 is 17.9 Å². The highest BCUT2D eigenvalue weighted by atomic mass is 16.5. The quantitative estimate of drug-likeness (QED) is 0.199. The Balaban J connectivity index is 2.66. The molecule has 0 aromatic heterocycles. The monoisotopic (exact) mass is 487 g/mol. The van der Waals surface area contributed by atoms with Crippen molar-refractivity contribution in [1.82, 2.24) is 4.90 Å². The standard InChI is InChI=1S/C26H33NO8/c1-7-32-23(28)12-13-35-22-14-18(31-6)10-11-19(22)24-20(25(29)33-8-2)15-27(17(4)5)16-21(24)26(30)34-9-3/h10-17,24H,7-9H2,1-6H3/b13-12+. The summed E-state index contributed by atoms with van der Waals surface area (Å²) < 4.78 is 26.6. The molecule has 1 heterocycles. The Morgan fingerprint density at radius 3 is 2.00 bits per heavy atom. The number of rotatable bonds is 11. The summed E-state index contributed by atoms with van der Waals surface area (Å²) in [6.45, 7) is 9.53. The summed E-state index contributed by atoms with van der Waals surface area (Å²) in [5.74, 6) is -1.79. The molecule has 0 bridgehead atoms. The van der Waals surface area contributed by atoms with Gasteiger partial charge in [0.15, 0.2) is 0 Å². The topological polar surface area (TPSA) is 101 Å². The van der Waals surface area contributed by atoms with Crippen LogP contribution in [0.1, 0.15) is 46.1 Å². The minimum Gasteiger partial charge on any atom is -0.497 e. The van der Waals surface area contributed by atoms with E-state index in [1.807, 2.05) is 13.8 Å². The van der Waals surface area contributed by atoms with Crippen LogP contribution in [-0.4, -0.2) is 55.8 Å². The maximum absolute atomic E-state index is 13.0. The van der Waals surface area contributed by atoms with Gasteiger partial charge in [-0.3, -0.25) is 0 Å². The number of hydrogen-bond donors (Lipinski definition) is 0. The first-order valence-corrected chi connectivity index (χ1v) is 11.5. The van der Waals surface area contributed by atoms with Crippen molar-refractivity contribution in [3.8, 4) is 11.5 Å². The highest BCUT2D eigenvalue weighted by Crippen LogP contribution is 2.42. The van der Waals surface area contributed by atoms with E-state index in [1.165, 1.54) is 13.4 Å². The van der Waals surface area contributed by atoms with Gasteiger partial charge in [-0.25, -0.2) is 14.4 Å². The third-order valence-electron chi connectivity index (χ3n) is 5.03. The van der Waals surface area contributed by atoms with E-state index in [0.717, 1.165) is 6.08 Å². The summed E-state index contributed by atoms with van der Waals surface area (Å²) >= 11 is 0. The van der Waals surface area contributed by atoms with E-state index in [0.29, 0.717) is 11.3 Å². The first kappa shape index (κ1) is 27.5. The second kappa shape index (κ2) is 13.2. The molecule has 1 aliphatic rings. The van der Waals surface area contributed by atoms with Gasteiger partial charge in [-0.2, -0.15) is 0 Å². The van der Waals surface area contributed by atoms with Gasteiger partial charge in [-0.1, -0.05) is 6.07 Å². The van der Waals surface area contributed by atoms with Crippen molar-refractivity contribution in [2.75, 3.05) is 26.9 Å². The minimum atomic E-state index is -0.847. The molecule has 2 rings (SSSR count). The first-order valence-electron chi connectivity index (χ1n) is 11.5. The van der Waals surface area contributed by atoms with Gasteiger partial charge in [-0.05, 0) is 40.7 Å². The molecule has 1 aromatic rings. The SMILES string of the molecule is CCOC(=O)/C=C/Oc1cc(OC)ccc1C1C(C(=O)OCC)=CN(C(C)C)C=C1C(=O)OCC. The highest BCUT2D eigenvalue weighted by Gasteiger charge is 2.37. The Bertz CT molecular complexity index is 973. The Morgan fingerprint density at radius 2 is 1.51 bits per heavy atom. The average Bonchev–Trinajstić information content (AvgIpc) is 2.83. The Morgan fingerprint density at radius 1 is 0.943 bits per heavy atom. The van der Waals surface area contributed by atoms with Gasteiger partial charge in [0.2, 0.25) is 0 Å². The summed E-state index contributed by atoms with van der Waals surface area (Å²) in [5, 5.41) is 0. The van der Waals surface area contributed by atoms with Gasteiger partial charge in [0.05, 0.1) is 56.3 Å². The first-order chi connectivity index (χ1) is 16.8. The Labute approximate surface area is 205 Å². The third kappa shape index (κ3) is 7.11. The number of hydrogen-bond acceptors (Lipinski definition) is 9. The van der Waals surface area contributed by atoms with Crippen molar-refractivity contribution < 1.29 is 38.1 Å². The summed E-state index contributed by atoms with van der Waals surface area (Å²) in [5.41, 5.74) is 0.979. The minimum absolute atomic E-state index is 0.0381. The summed E-state index contributed by atoms with van der Waals surface area (Å²) in [7, 11) is 1.50. The number of carbonyl (C=O) groups excluding carboxylic acids is 3. The average molecular weight is 488 g/mol. The fourth-order valence-corrected chi connectivity index (χ4v) is 3.41. The van der Waals surface area contributed by atoms with E-state index in [1.54, 1.807) is 56.3 Å². The number of ether oxygens (including phenoxy) is 5. The summed E-state index contributed by atoms with van der Waals surface area (Å²) in [4.78, 5) is 39.6. The molecule has 190 valence electrons. The number of esters is 3. The molecule has 9 nitrogen and oxygen atoms in total. The lowest BCUT2D eigenvalue weighted by atomic mass is 9.82. The van der Waals surface area contributed by atoms with Crippen LogP contribution in [0, 0.1) is 0 Å². The van der Waals surface area contributed by atoms with E-state index in [9.17, 15) is 14.4 Å². The van der Waals surface area contributed by atoms with Gasteiger partial charge in [0.1, 0.15) is 11.5 Å². The van der Waals surface area contributed by atoms with Crippen molar-refractivity contribution in [3.05, 3.63) is 59.6 Å². The molecular weight excluding hydrogens is 454 g/mol. The molecule has 0 N–H and O–H groups in total. The Hall–Kier alpha value is -3.75. The maximum Gasteiger partial charge on any atom is 0.336 e. The molecule has 0 saturated carbocycles. The predicted molar refractivity (Wildman–Crippen MR) is 129 cm³/mol. The molecule has 1 aliphatic heterocycles. The van der Waals surface area contributed by atoms with Crippen molar-refractivity contribution in [3.63, 3.8) is 0 Å². The number of carbonyl (C=O) groups is 3. The van der Waals surface area contributed by atoms with Crippen LogP contribution in [0.4, 0.5) is 0 Å². The van der Waals surface area contributed by atoms with E-state index in [-0.39, 0.29) is 42.8 Å². The number of methoxy groups -OCH3 is 1. The summed E-state index contributed by atoms with van der Waals surface area (Å²) in [6, 6.07) is 4.95. The fraction of sp³-hybridized carbons (Fsp3) is 0.423. The summed E-state index contributed by atoms with van der Waals surface area (Å²) in [6.07, 6.45) is 5.65. The lowest BCUT2D eigenvalue weighted by Crippen LogP contribution is -2.32. The van der Waals surface area contributed by atoms with E-state index in [2.05, 4.69) is 0 Å². The van der Waals surface area contributed by atoms with Crippen LogP contribution in [0.2, 0.25) is 0 Å². The van der Waals surface area contributed by atoms with Gasteiger partial charge in [-0.15, -0.1) is 0 Å². The normalized spacial score (nSPS) is 13.9. The van der Waals surface area contributed by atoms with Crippen molar-refractivity contribution in [2.24, 2.45) is 0 Å². The van der Waals surface area contributed by atoms with Crippen LogP contribution in [0.3, 0.4) is 0 Å². The van der Waals surface area contributed by atoms with Crippen LogP contribution < -0.4 is 9.47 Å². The van der Waals surface area contributed by atoms with Crippen LogP contribution in [0.5, 0.6) is 11.5 Å². The zero-order valence-electron chi connectivity index (χ0n) is 21.0. The molecule has 0 fully saturated rings. The van der Waals surface area contributed by atoms with E-state index >= 15 is 0 Å². The third-order valence-corrected chi connectivity index (χ3v) is 5.03. The molecule has 0 unspecified atom stereocenters. The molecule has 0 atom stereocenters. The number of benzene rings is 1. The number of nitrogens with zero attached hydrogens (tertiary/aromatic N) is 1. The van der Waals surface area contributed by atoms with Crippen molar-refractivity contribution in [1.29, 1.82) is 0 Å². The highest BCUT2D eigenvalue weighted by molar-refractivity contribution is 5.99. The fourth-order valence-electron chi connectivity index (χ4n) is 3.41. The largest absolute Gasteiger partial charge is 0.497 e. The van der Waals surface area contributed by atoms with Gasteiger partial charge in [0.25, 0.3) is 0 Å². The van der Waals surface area contributed by atoms with E-state index < -0.39 is 23.8 Å². The molecule has 9 heteroatoms. The smallest absolute Gasteiger partial charge is 0.336 e. The predicted octanol–water partition coefficient (Wildman–Crippen LogP) is 3.85. The van der Waals surface area contributed by atoms with Crippen molar-refractivity contribution in [2.45, 2.75) is 46.6 Å². The Kier molecular flexibility index (Phi) is 10.4. The second-order valence-electron chi connectivity index (χ2n) is 7.66. The van der Waals surface area contributed by atoms with E-state index in [4.69, 9.17) is 23.7 Å². The lowest BCUT2D eigenvalue weighted by Gasteiger charge is -2.32. The second-order valence-corrected chi connectivity index (χ2v) is 7.66. The van der Waals surface area contributed by atoms with Crippen LogP contribution in [-0.2, 0) is 28.6 Å². The molecule has 0 radical (unpaired) electrons. The van der Waals surface area contributed by atoms with Crippen molar-refractivity contribution >= 4 is 17.9 Å². The molecule has 1 aromatic carbocycles. The van der Waals surface area contributed by atoms with Crippen LogP contribution in [0.15, 0.2) is 54.1 Å². The molecular formula is C26H33NO8. The molecule has 0 amide bonds. The molecule has 0 saturated heterocycles. The van der Waals surface area contributed by atoms with Gasteiger partial charge in [0, 0.05) is 30.1 Å². The molecule has 0 spiro atoms. The zero-order valence-corrected chi connectivity index (χ0v) is 21.0. The van der Waals surface area contributed by atoms with Crippen LogP contribution in [0.25, 0.3) is 0 Å². The molecule has 0 aliphatic carbocycles.